The van der Waals surface area contributed by atoms with Crippen LogP contribution < -0.4 is 5.32 Å². The van der Waals surface area contributed by atoms with E-state index in [9.17, 15) is 8.42 Å². The first-order valence-corrected chi connectivity index (χ1v) is 8.75. The SMILES string of the molecule is CNC1CCCCCC1S(=O)(=O)C1CCOCC1. The predicted octanol–water partition coefficient (Wildman–Crippen LogP) is 1.50. The first-order valence-electron chi connectivity index (χ1n) is 7.14. The molecule has 1 saturated carbocycles. The summed E-state index contributed by atoms with van der Waals surface area (Å²) in [6.45, 7) is 1.20. The van der Waals surface area contributed by atoms with Gasteiger partial charge in [0.15, 0.2) is 9.84 Å². The van der Waals surface area contributed by atoms with E-state index >= 15 is 0 Å². The van der Waals surface area contributed by atoms with Gasteiger partial charge in [-0.25, -0.2) is 8.42 Å². The van der Waals surface area contributed by atoms with Crippen LogP contribution in [0.4, 0.5) is 0 Å². The lowest BCUT2D eigenvalue weighted by Gasteiger charge is -2.30. The molecule has 0 spiro atoms. The van der Waals surface area contributed by atoms with Gasteiger partial charge in [-0.2, -0.15) is 0 Å². The largest absolute Gasteiger partial charge is 0.381 e. The molecule has 0 aromatic carbocycles. The van der Waals surface area contributed by atoms with Crippen molar-refractivity contribution in [2.75, 3.05) is 20.3 Å². The van der Waals surface area contributed by atoms with Gasteiger partial charge in [0.1, 0.15) is 0 Å². The van der Waals surface area contributed by atoms with Crippen molar-refractivity contribution in [1.29, 1.82) is 0 Å². The molecule has 0 bridgehead atoms. The zero-order valence-electron chi connectivity index (χ0n) is 11.2. The maximum Gasteiger partial charge on any atom is 0.157 e. The Morgan fingerprint density at radius 1 is 1.00 bits per heavy atom. The van der Waals surface area contributed by atoms with Crippen LogP contribution in [0.2, 0.25) is 0 Å². The molecule has 0 aromatic rings. The van der Waals surface area contributed by atoms with Crippen LogP contribution in [-0.4, -0.2) is 45.2 Å². The smallest absolute Gasteiger partial charge is 0.157 e. The third kappa shape index (κ3) is 3.06. The molecule has 1 aliphatic heterocycles. The average molecular weight is 275 g/mol. The van der Waals surface area contributed by atoms with Crippen LogP contribution in [0.1, 0.15) is 44.9 Å². The van der Waals surface area contributed by atoms with Crippen LogP contribution in [0, 0.1) is 0 Å². The van der Waals surface area contributed by atoms with Gasteiger partial charge in [0.2, 0.25) is 0 Å². The highest BCUT2D eigenvalue weighted by Crippen LogP contribution is 2.29. The summed E-state index contributed by atoms with van der Waals surface area (Å²) < 4.78 is 30.8. The zero-order chi connectivity index (χ0) is 13.0. The van der Waals surface area contributed by atoms with E-state index in [0.29, 0.717) is 26.1 Å². The van der Waals surface area contributed by atoms with E-state index in [0.717, 1.165) is 32.1 Å². The number of hydrogen-bond donors (Lipinski definition) is 1. The fraction of sp³-hybridized carbons (Fsp3) is 1.00. The van der Waals surface area contributed by atoms with Crippen molar-refractivity contribution >= 4 is 9.84 Å². The fourth-order valence-electron chi connectivity index (χ4n) is 3.25. The standard InChI is InChI=1S/C13H25NO3S/c1-14-12-5-3-2-4-6-13(12)18(15,16)11-7-9-17-10-8-11/h11-14H,2-10H2,1H3. The minimum Gasteiger partial charge on any atom is -0.381 e. The van der Waals surface area contributed by atoms with E-state index in [-0.39, 0.29) is 16.5 Å². The Hall–Kier alpha value is -0.130. The Bertz CT molecular complexity index is 349. The molecule has 2 aliphatic rings. The van der Waals surface area contributed by atoms with Gasteiger partial charge in [-0.3, -0.25) is 0 Å². The molecule has 5 heteroatoms. The molecule has 1 N–H and O–H groups in total. The number of ether oxygens (including phenoxy) is 1. The molecule has 1 heterocycles. The Labute approximate surface area is 110 Å². The van der Waals surface area contributed by atoms with Gasteiger partial charge in [-0.05, 0) is 32.7 Å². The minimum atomic E-state index is -3.01. The second kappa shape index (κ2) is 6.35. The van der Waals surface area contributed by atoms with Crippen LogP contribution in [0.25, 0.3) is 0 Å². The van der Waals surface area contributed by atoms with Crippen molar-refractivity contribution in [1.82, 2.24) is 5.32 Å². The average Bonchev–Trinajstić information content (AvgIpc) is 2.65. The lowest BCUT2D eigenvalue weighted by Crippen LogP contribution is -2.46. The zero-order valence-corrected chi connectivity index (χ0v) is 12.0. The van der Waals surface area contributed by atoms with Crippen LogP contribution >= 0.6 is 0 Å². The Kier molecular flexibility index (Phi) is 5.04. The molecule has 18 heavy (non-hydrogen) atoms. The second-order valence-electron chi connectivity index (χ2n) is 5.47. The number of sulfone groups is 1. The number of rotatable bonds is 3. The predicted molar refractivity (Wildman–Crippen MR) is 72.5 cm³/mol. The van der Waals surface area contributed by atoms with Crippen molar-refractivity contribution in [3.63, 3.8) is 0 Å². The Balaban J connectivity index is 2.14. The van der Waals surface area contributed by atoms with E-state index in [2.05, 4.69) is 5.32 Å². The van der Waals surface area contributed by atoms with E-state index in [4.69, 9.17) is 4.74 Å². The maximum atomic E-state index is 12.8. The second-order valence-corrected chi connectivity index (χ2v) is 7.92. The molecule has 1 aliphatic carbocycles. The molecule has 2 atom stereocenters. The molecular weight excluding hydrogens is 250 g/mol. The number of hydrogen-bond acceptors (Lipinski definition) is 4. The monoisotopic (exact) mass is 275 g/mol. The summed E-state index contributed by atoms with van der Waals surface area (Å²) in [5, 5.41) is 2.87. The highest BCUT2D eigenvalue weighted by Gasteiger charge is 2.39. The molecule has 106 valence electrons. The van der Waals surface area contributed by atoms with Gasteiger partial charge in [0.05, 0.1) is 10.5 Å². The van der Waals surface area contributed by atoms with E-state index in [1.54, 1.807) is 0 Å². The van der Waals surface area contributed by atoms with Gasteiger partial charge < -0.3 is 10.1 Å². The third-order valence-corrected chi connectivity index (χ3v) is 7.19. The Morgan fingerprint density at radius 2 is 1.67 bits per heavy atom. The lowest BCUT2D eigenvalue weighted by atomic mass is 10.1. The van der Waals surface area contributed by atoms with E-state index < -0.39 is 9.84 Å². The quantitative estimate of drug-likeness (QED) is 0.793. The van der Waals surface area contributed by atoms with Gasteiger partial charge in [-0.1, -0.05) is 19.3 Å². The summed E-state index contributed by atoms with van der Waals surface area (Å²) in [7, 11) is -1.12. The highest BCUT2D eigenvalue weighted by atomic mass is 32.2. The topological polar surface area (TPSA) is 55.4 Å². The highest BCUT2D eigenvalue weighted by molar-refractivity contribution is 7.92. The fourth-order valence-corrected chi connectivity index (χ4v) is 5.82. The maximum absolute atomic E-state index is 12.8. The van der Waals surface area contributed by atoms with Crippen molar-refractivity contribution in [3.8, 4) is 0 Å². The van der Waals surface area contributed by atoms with Crippen LogP contribution in [-0.2, 0) is 14.6 Å². The van der Waals surface area contributed by atoms with Crippen LogP contribution in [0.5, 0.6) is 0 Å². The van der Waals surface area contributed by atoms with Gasteiger partial charge in [-0.15, -0.1) is 0 Å². The molecule has 2 fully saturated rings. The van der Waals surface area contributed by atoms with Crippen LogP contribution in [0.15, 0.2) is 0 Å². The van der Waals surface area contributed by atoms with Gasteiger partial charge in [0.25, 0.3) is 0 Å². The van der Waals surface area contributed by atoms with Crippen molar-refractivity contribution < 1.29 is 13.2 Å². The molecular formula is C13H25NO3S. The van der Waals surface area contributed by atoms with Gasteiger partial charge in [0, 0.05) is 19.3 Å². The number of nitrogens with one attached hydrogen (secondary N) is 1. The van der Waals surface area contributed by atoms with Crippen molar-refractivity contribution in [2.45, 2.75) is 61.5 Å². The first-order chi connectivity index (χ1) is 8.66. The summed E-state index contributed by atoms with van der Waals surface area (Å²) in [5.41, 5.74) is 0. The Morgan fingerprint density at radius 3 is 2.33 bits per heavy atom. The van der Waals surface area contributed by atoms with Crippen molar-refractivity contribution in [2.24, 2.45) is 0 Å². The third-order valence-electron chi connectivity index (χ3n) is 4.38. The molecule has 0 aromatic heterocycles. The van der Waals surface area contributed by atoms with E-state index in [1.165, 1.54) is 0 Å². The summed E-state index contributed by atoms with van der Waals surface area (Å²) >= 11 is 0. The summed E-state index contributed by atoms with van der Waals surface area (Å²) in [6.07, 6.45) is 6.52. The molecule has 2 unspecified atom stereocenters. The van der Waals surface area contributed by atoms with Gasteiger partial charge >= 0.3 is 0 Å². The molecule has 2 rings (SSSR count). The molecule has 1 saturated heterocycles. The lowest BCUT2D eigenvalue weighted by molar-refractivity contribution is 0.0981. The molecule has 4 nitrogen and oxygen atoms in total. The summed E-state index contributed by atoms with van der Waals surface area (Å²) in [6, 6.07) is 0.139. The van der Waals surface area contributed by atoms with Crippen molar-refractivity contribution in [3.05, 3.63) is 0 Å². The normalized spacial score (nSPS) is 32.1. The molecule has 0 radical (unpaired) electrons. The first kappa shape index (κ1) is 14.3. The molecule has 0 amide bonds. The minimum absolute atomic E-state index is 0.139. The summed E-state index contributed by atoms with van der Waals surface area (Å²) in [4.78, 5) is 0. The van der Waals surface area contributed by atoms with Crippen LogP contribution in [0.3, 0.4) is 0 Å². The van der Waals surface area contributed by atoms with E-state index in [1.807, 2.05) is 7.05 Å². The summed E-state index contributed by atoms with van der Waals surface area (Å²) in [5.74, 6) is 0.